The molecule has 2 aliphatic rings. The lowest BCUT2D eigenvalue weighted by Gasteiger charge is -2.36. The van der Waals surface area contributed by atoms with Gasteiger partial charge in [-0.1, -0.05) is 35.3 Å². The van der Waals surface area contributed by atoms with Gasteiger partial charge in [0.25, 0.3) is 0 Å². The van der Waals surface area contributed by atoms with E-state index >= 15 is 0 Å². The van der Waals surface area contributed by atoms with Crippen LogP contribution in [0.5, 0.6) is 0 Å². The summed E-state index contributed by atoms with van der Waals surface area (Å²) in [6, 6.07) is 9.29. The summed E-state index contributed by atoms with van der Waals surface area (Å²) in [6.45, 7) is 1.83. The van der Waals surface area contributed by atoms with Crippen molar-refractivity contribution in [3.05, 3.63) is 78.7 Å². The summed E-state index contributed by atoms with van der Waals surface area (Å²) in [4.78, 5) is 27.1. The highest BCUT2D eigenvalue weighted by Crippen LogP contribution is 2.46. The Hall–Kier alpha value is -2.08. The first-order valence-corrected chi connectivity index (χ1v) is 10.8. The number of ketones is 1. The lowest BCUT2D eigenvalue weighted by Crippen LogP contribution is -2.35. The Bertz CT molecular complexity index is 1060. The molecule has 2 heterocycles. The molecule has 2 aromatic rings. The second-order valence-corrected chi connectivity index (χ2v) is 8.99. The van der Waals surface area contributed by atoms with Crippen LogP contribution in [0.25, 0.3) is 0 Å². The number of hydrogen-bond acceptors (Lipinski definition) is 5. The van der Waals surface area contributed by atoms with E-state index in [1.807, 2.05) is 24.4 Å². The van der Waals surface area contributed by atoms with Gasteiger partial charge in [0, 0.05) is 40.1 Å². The first kappa shape index (κ1) is 20.2. The first-order chi connectivity index (χ1) is 13.9. The van der Waals surface area contributed by atoms with Crippen molar-refractivity contribution in [1.82, 2.24) is 5.32 Å². The SMILES string of the molecule is COC(=O)C1=C(C)NC2=C(C(=O)C[C@H](c3cccs3)C2)[C@H]1c1ccc(Cl)c(Cl)c1. The summed E-state index contributed by atoms with van der Waals surface area (Å²) in [6.07, 6.45) is 1.12. The fourth-order valence-electron chi connectivity index (χ4n) is 4.17. The van der Waals surface area contributed by atoms with E-state index in [0.29, 0.717) is 39.7 Å². The fraction of sp³-hybridized carbons (Fsp3) is 0.273. The van der Waals surface area contributed by atoms with Gasteiger partial charge in [-0.2, -0.15) is 0 Å². The van der Waals surface area contributed by atoms with E-state index in [1.165, 1.54) is 12.0 Å². The van der Waals surface area contributed by atoms with Gasteiger partial charge in [0.05, 0.1) is 22.7 Å². The van der Waals surface area contributed by atoms with Gasteiger partial charge in [0.2, 0.25) is 0 Å². The molecule has 0 unspecified atom stereocenters. The average molecular weight is 448 g/mol. The fourth-order valence-corrected chi connectivity index (χ4v) is 5.31. The zero-order valence-corrected chi connectivity index (χ0v) is 18.3. The predicted octanol–water partition coefficient (Wildman–Crippen LogP) is 5.59. The summed E-state index contributed by atoms with van der Waals surface area (Å²) >= 11 is 14.0. The highest BCUT2D eigenvalue weighted by Gasteiger charge is 2.41. The summed E-state index contributed by atoms with van der Waals surface area (Å²) in [7, 11) is 1.34. The zero-order chi connectivity index (χ0) is 20.7. The molecule has 1 aliphatic carbocycles. The predicted molar refractivity (Wildman–Crippen MR) is 115 cm³/mol. The molecule has 0 spiro atoms. The molecule has 0 radical (unpaired) electrons. The minimum atomic E-state index is -0.537. The number of carbonyl (C=O) groups excluding carboxylic acids is 2. The molecule has 0 saturated heterocycles. The second-order valence-electron chi connectivity index (χ2n) is 7.20. The van der Waals surface area contributed by atoms with E-state index in [1.54, 1.807) is 23.5 Å². The van der Waals surface area contributed by atoms with E-state index in [4.69, 9.17) is 27.9 Å². The zero-order valence-electron chi connectivity index (χ0n) is 15.9. The van der Waals surface area contributed by atoms with E-state index in [9.17, 15) is 9.59 Å². The minimum absolute atomic E-state index is 0.0297. The molecule has 4 nitrogen and oxygen atoms in total. The molecule has 1 N–H and O–H groups in total. The Balaban J connectivity index is 1.84. The summed E-state index contributed by atoms with van der Waals surface area (Å²) in [5.41, 5.74) is 3.33. The third-order valence-corrected chi connectivity index (χ3v) is 7.23. The molecular weight excluding hydrogens is 429 g/mol. The van der Waals surface area contributed by atoms with Crippen LogP contribution in [-0.4, -0.2) is 18.9 Å². The van der Waals surface area contributed by atoms with Gasteiger partial charge < -0.3 is 10.1 Å². The Labute approximate surface area is 183 Å². The van der Waals surface area contributed by atoms with E-state index in [-0.39, 0.29) is 11.7 Å². The number of rotatable bonds is 3. The van der Waals surface area contributed by atoms with E-state index < -0.39 is 11.9 Å². The van der Waals surface area contributed by atoms with Crippen LogP contribution < -0.4 is 5.32 Å². The van der Waals surface area contributed by atoms with Crippen molar-refractivity contribution in [2.75, 3.05) is 7.11 Å². The maximum atomic E-state index is 13.3. The Morgan fingerprint density at radius 1 is 1.21 bits per heavy atom. The molecule has 1 aliphatic heterocycles. The maximum absolute atomic E-state index is 13.3. The van der Waals surface area contributed by atoms with E-state index in [0.717, 1.165) is 11.3 Å². The van der Waals surface area contributed by atoms with Crippen LogP contribution in [0.3, 0.4) is 0 Å². The number of dihydropyridines is 1. The van der Waals surface area contributed by atoms with Crippen molar-refractivity contribution in [3.63, 3.8) is 0 Å². The van der Waals surface area contributed by atoms with Gasteiger partial charge in [-0.05, 0) is 42.5 Å². The quantitative estimate of drug-likeness (QED) is 0.622. The molecule has 2 atom stereocenters. The molecule has 0 bridgehead atoms. The lowest BCUT2D eigenvalue weighted by molar-refractivity contribution is -0.136. The van der Waals surface area contributed by atoms with Crippen LogP contribution in [-0.2, 0) is 14.3 Å². The van der Waals surface area contributed by atoms with Crippen LogP contribution in [0, 0.1) is 0 Å². The number of nitrogens with one attached hydrogen (secondary N) is 1. The summed E-state index contributed by atoms with van der Waals surface area (Å²) < 4.78 is 5.03. The third kappa shape index (κ3) is 3.63. The van der Waals surface area contributed by atoms with Gasteiger partial charge in [0.15, 0.2) is 5.78 Å². The monoisotopic (exact) mass is 447 g/mol. The molecule has 1 aromatic carbocycles. The van der Waals surface area contributed by atoms with Gasteiger partial charge in [-0.25, -0.2) is 4.79 Å². The Morgan fingerprint density at radius 2 is 2.00 bits per heavy atom. The molecule has 0 saturated carbocycles. The van der Waals surface area contributed by atoms with Crippen molar-refractivity contribution in [2.24, 2.45) is 0 Å². The topological polar surface area (TPSA) is 55.4 Å². The van der Waals surface area contributed by atoms with Gasteiger partial charge >= 0.3 is 5.97 Å². The number of carbonyl (C=O) groups is 2. The van der Waals surface area contributed by atoms with Crippen LogP contribution in [0.15, 0.2) is 58.3 Å². The van der Waals surface area contributed by atoms with Crippen LogP contribution in [0.4, 0.5) is 0 Å². The van der Waals surface area contributed by atoms with Crippen molar-refractivity contribution >= 4 is 46.3 Å². The van der Waals surface area contributed by atoms with Crippen molar-refractivity contribution in [2.45, 2.75) is 31.6 Å². The van der Waals surface area contributed by atoms with E-state index in [2.05, 4.69) is 11.4 Å². The largest absolute Gasteiger partial charge is 0.466 e. The second kappa shape index (κ2) is 7.98. The average Bonchev–Trinajstić information content (AvgIpc) is 3.23. The van der Waals surface area contributed by atoms with Crippen LogP contribution in [0.2, 0.25) is 10.0 Å². The Morgan fingerprint density at radius 3 is 2.66 bits per heavy atom. The third-order valence-electron chi connectivity index (χ3n) is 5.46. The standard InChI is InChI=1S/C22H19Cl2NO3S/c1-11-19(22(27)28-2)20(12-5-6-14(23)15(24)8-12)21-16(25-11)9-13(10-17(21)26)18-4-3-7-29-18/h3-8,13,20,25H,9-10H2,1-2H3/t13-,20+/m1/s1. The number of allylic oxidation sites excluding steroid dienone is 3. The lowest BCUT2D eigenvalue weighted by atomic mass is 9.72. The van der Waals surface area contributed by atoms with Gasteiger partial charge in [-0.15, -0.1) is 11.3 Å². The molecule has 1 aromatic heterocycles. The molecule has 4 rings (SSSR count). The molecule has 150 valence electrons. The number of thiophene rings is 1. The van der Waals surface area contributed by atoms with Crippen molar-refractivity contribution in [3.8, 4) is 0 Å². The smallest absolute Gasteiger partial charge is 0.336 e. The number of hydrogen-bond donors (Lipinski definition) is 1. The molecule has 7 heteroatoms. The van der Waals surface area contributed by atoms with Crippen molar-refractivity contribution in [1.29, 1.82) is 0 Å². The molecular formula is C22H19Cl2NO3S. The van der Waals surface area contributed by atoms with Gasteiger partial charge in [0.1, 0.15) is 0 Å². The van der Waals surface area contributed by atoms with Gasteiger partial charge in [-0.3, -0.25) is 4.79 Å². The first-order valence-electron chi connectivity index (χ1n) is 9.21. The maximum Gasteiger partial charge on any atom is 0.336 e. The molecule has 0 fully saturated rings. The minimum Gasteiger partial charge on any atom is -0.466 e. The van der Waals surface area contributed by atoms with Crippen molar-refractivity contribution < 1.29 is 14.3 Å². The number of methoxy groups -OCH3 is 1. The summed E-state index contributed by atoms with van der Waals surface area (Å²) in [5.74, 6) is -0.839. The molecule has 29 heavy (non-hydrogen) atoms. The highest BCUT2D eigenvalue weighted by atomic mass is 35.5. The summed E-state index contributed by atoms with van der Waals surface area (Å²) in [5, 5.41) is 6.14. The number of ether oxygens (including phenoxy) is 1. The number of benzene rings is 1. The number of halogens is 2. The highest BCUT2D eigenvalue weighted by molar-refractivity contribution is 7.10. The normalized spacial score (nSPS) is 21.7. The number of Topliss-reactive ketones (excluding diaryl/α,β-unsaturated/α-hetero) is 1. The molecule has 0 amide bonds. The van der Waals surface area contributed by atoms with Crippen LogP contribution in [0.1, 0.15) is 42.0 Å². The number of esters is 1. The van der Waals surface area contributed by atoms with Crippen LogP contribution >= 0.6 is 34.5 Å². The Kier molecular flexibility index (Phi) is 5.56.